The summed E-state index contributed by atoms with van der Waals surface area (Å²) < 4.78 is 40.8. The molecule has 1 saturated carbocycles. The summed E-state index contributed by atoms with van der Waals surface area (Å²) in [7, 11) is 0. The molecule has 5 heteroatoms. The zero-order valence-corrected chi connectivity index (χ0v) is 9.65. The lowest BCUT2D eigenvalue weighted by Gasteiger charge is -2.17. The van der Waals surface area contributed by atoms with E-state index in [1.54, 1.807) is 0 Å². The molecule has 1 fully saturated rings. The van der Waals surface area contributed by atoms with Crippen LogP contribution in [-0.4, -0.2) is 32.0 Å². The van der Waals surface area contributed by atoms with Gasteiger partial charge in [-0.15, -0.1) is 0 Å². The molecule has 1 aliphatic carbocycles. The van der Waals surface area contributed by atoms with E-state index in [4.69, 9.17) is 4.74 Å². The van der Waals surface area contributed by atoms with Gasteiger partial charge in [0, 0.05) is 19.1 Å². The van der Waals surface area contributed by atoms with E-state index in [2.05, 4.69) is 5.32 Å². The van der Waals surface area contributed by atoms with Crippen molar-refractivity contribution in [2.24, 2.45) is 5.92 Å². The van der Waals surface area contributed by atoms with Crippen LogP contribution in [0.4, 0.5) is 13.2 Å². The summed E-state index contributed by atoms with van der Waals surface area (Å²) in [6.45, 7) is 3.65. The molecule has 0 saturated heterocycles. The SMILES string of the molecule is CCNC(COCCCC(F)(F)F)C1CC1. The fourth-order valence-corrected chi connectivity index (χ4v) is 1.71. The zero-order chi connectivity index (χ0) is 12.0. The summed E-state index contributed by atoms with van der Waals surface area (Å²) in [6, 6.07) is 0.330. The molecule has 0 aromatic heterocycles. The van der Waals surface area contributed by atoms with Crippen LogP contribution in [0.1, 0.15) is 32.6 Å². The third-order valence-corrected chi connectivity index (χ3v) is 2.70. The average molecular weight is 239 g/mol. The molecule has 0 aliphatic heterocycles. The van der Waals surface area contributed by atoms with E-state index in [-0.39, 0.29) is 13.0 Å². The number of halogens is 3. The van der Waals surface area contributed by atoms with Crippen molar-refractivity contribution in [3.05, 3.63) is 0 Å². The highest BCUT2D eigenvalue weighted by Crippen LogP contribution is 2.32. The van der Waals surface area contributed by atoms with E-state index in [0.29, 0.717) is 18.6 Å². The fourth-order valence-electron chi connectivity index (χ4n) is 1.71. The van der Waals surface area contributed by atoms with Gasteiger partial charge in [-0.3, -0.25) is 0 Å². The lowest BCUT2D eigenvalue weighted by Crippen LogP contribution is -2.35. The average Bonchev–Trinajstić information content (AvgIpc) is 2.97. The van der Waals surface area contributed by atoms with E-state index < -0.39 is 12.6 Å². The fraction of sp³-hybridized carbons (Fsp3) is 1.00. The molecule has 0 spiro atoms. The molecule has 2 nitrogen and oxygen atoms in total. The largest absolute Gasteiger partial charge is 0.389 e. The molecule has 1 rings (SSSR count). The van der Waals surface area contributed by atoms with Crippen molar-refractivity contribution in [1.82, 2.24) is 5.32 Å². The Morgan fingerprint density at radius 2 is 2.06 bits per heavy atom. The second kappa shape index (κ2) is 6.45. The topological polar surface area (TPSA) is 21.3 Å². The Morgan fingerprint density at radius 1 is 1.38 bits per heavy atom. The lowest BCUT2D eigenvalue weighted by atomic mass is 10.2. The Kier molecular flexibility index (Phi) is 5.55. The maximum absolute atomic E-state index is 11.8. The predicted molar refractivity (Wildman–Crippen MR) is 56.3 cm³/mol. The normalized spacial score (nSPS) is 18.8. The smallest absolute Gasteiger partial charge is 0.380 e. The summed E-state index contributed by atoms with van der Waals surface area (Å²) >= 11 is 0. The van der Waals surface area contributed by atoms with Crippen molar-refractivity contribution in [3.63, 3.8) is 0 Å². The lowest BCUT2D eigenvalue weighted by molar-refractivity contribution is -0.138. The Morgan fingerprint density at radius 3 is 2.56 bits per heavy atom. The van der Waals surface area contributed by atoms with E-state index in [1.165, 1.54) is 12.8 Å². The summed E-state index contributed by atoms with van der Waals surface area (Å²) in [6.07, 6.45) is -2.32. The van der Waals surface area contributed by atoms with Crippen LogP contribution < -0.4 is 5.32 Å². The second-order valence-electron chi connectivity index (χ2n) is 4.30. The number of ether oxygens (including phenoxy) is 1. The maximum Gasteiger partial charge on any atom is 0.389 e. The first kappa shape index (κ1) is 13.8. The number of hydrogen-bond donors (Lipinski definition) is 1. The van der Waals surface area contributed by atoms with Gasteiger partial charge in [0.1, 0.15) is 0 Å². The molecule has 0 aromatic rings. The zero-order valence-electron chi connectivity index (χ0n) is 9.65. The Hall–Kier alpha value is -0.290. The minimum Gasteiger partial charge on any atom is -0.380 e. The van der Waals surface area contributed by atoms with Gasteiger partial charge in [-0.25, -0.2) is 0 Å². The molecule has 1 aliphatic rings. The van der Waals surface area contributed by atoms with Crippen LogP contribution in [0, 0.1) is 5.92 Å². The molecule has 0 radical (unpaired) electrons. The first-order valence-electron chi connectivity index (χ1n) is 5.91. The molecule has 0 heterocycles. The molecule has 1 N–H and O–H groups in total. The number of likely N-dealkylation sites (N-methyl/N-ethyl adjacent to an activating group) is 1. The van der Waals surface area contributed by atoms with Gasteiger partial charge in [-0.2, -0.15) is 13.2 Å². The Balaban J connectivity index is 2.00. The molecule has 16 heavy (non-hydrogen) atoms. The molecule has 1 atom stereocenters. The van der Waals surface area contributed by atoms with E-state index in [9.17, 15) is 13.2 Å². The van der Waals surface area contributed by atoms with Crippen LogP contribution in [0.2, 0.25) is 0 Å². The van der Waals surface area contributed by atoms with Crippen LogP contribution in [0.15, 0.2) is 0 Å². The van der Waals surface area contributed by atoms with Crippen molar-refractivity contribution in [3.8, 4) is 0 Å². The summed E-state index contributed by atoms with van der Waals surface area (Å²) in [5, 5.41) is 3.30. The van der Waals surface area contributed by atoms with Gasteiger partial charge < -0.3 is 10.1 Å². The quantitative estimate of drug-likeness (QED) is 0.658. The molecule has 96 valence electrons. The monoisotopic (exact) mass is 239 g/mol. The number of alkyl halides is 3. The van der Waals surface area contributed by atoms with E-state index in [1.807, 2.05) is 6.92 Å². The molecule has 0 bridgehead atoms. The highest BCUT2D eigenvalue weighted by Gasteiger charge is 2.30. The van der Waals surface area contributed by atoms with E-state index in [0.717, 1.165) is 6.54 Å². The number of hydrogen-bond acceptors (Lipinski definition) is 2. The van der Waals surface area contributed by atoms with Crippen molar-refractivity contribution in [1.29, 1.82) is 0 Å². The highest BCUT2D eigenvalue weighted by molar-refractivity contribution is 4.85. The van der Waals surface area contributed by atoms with E-state index >= 15 is 0 Å². The summed E-state index contributed by atoms with van der Waals surface area (Å²) in [5.41, 5.74) is 0. The van der Waals surface area contributed by atoms with Gasteiger partial charge in [0.05, 0.1) is 6.61 Å². The van der Waals surface area contributed by atoms with Crippen LogP contribution >= 0.6 is 0 Å². The van der Waals surface area contributed by atoms with Crippen LogP contribution in [0.3, 0.4) is 0 Å². The summed E-state index contributed by atoms with van der Waals surface area (Å²) in [5.74, 6) is 0.669. The molecule has 0 aromatic carbocycles. The van der Waals surface area contributed by atoms with Gasteiger partial charge in [-0.05, 0) is 31.7 Å². The predicted octanol–water partition coefficient (Wildman–Crippen LogP) is 2.73. The minimum atomic E-state index is -4.05. The Bertz CT molecular complexity index is 192. The van der Waals surface area contributed by atoms with Gasteiger partial charge in [0.25, 0.3) is 0 Å². The van der Waals surface area contributed by atoms with Crippen molar-refractivity contribution < 1.29 is 17.9 Å². The first-order chi connectivity index (χ1) is 7.53. The maximum atomic E-state index is 11.8. The highest BCUT2D eigenvalue weighted by atomic mass is 19.4. The first-order valence-corrected chi connectivity index (χ1v) is 5.91. The standard InChI is InChI=1S/C11H20F3NO/c1-2-15-10(9-4-5-9)8-16-7-3-6-11(12,13)14/h9-10,15H,2-8H2,1H3. The van der Waals surface area contributed by atoms with Gasteiger partial charge >= 0.3 is 6.18 Å². The molecule has 1 unspecified atom stereocenters. The van der Waals surface area contributed by atoms with Crippen molar-refractivity contribution in [2.45, 2.75) is 44.8 Å². The third kappa shape index (κ3) is 6.33. The van der Waals surface area contributed by atoms with Crippen LogP contribution in [-0.2, 0) is 4.74 Å². The molecular formula is C11H20F3NO. The number of rotatable bonds is 8. The van der Waals surface area contributed by atoms with Crippen LogP contribution in [0.25, 0.3) is 0 Å². The Labute approximate surface area is 94.5 Å². The van der Waals surface area contributed by atoms with Crippen molar-refractivity contribution >= 4 is 0 Å². The number of nitrogens with one attached hydrogen (secondary N) is 1. The minimum absolute atomic E-state index is 0.0625. The molecule has 0 amide bonds. The second-order valence-corrected chi connectivity index (χ2v) is 4.30. The van der Waals surface area contributed by atoms with Gasteiger partial charge in [-0.1, -0.05) is 6.92 Å². The molecular weight excluding hydrogens is 219 g/mol. The summed E-state index contributed by atoms with van der Waals surface area (Å²) in [4.78, 5) is 0. The van der Waals surface area contributed by atoms with Gasteiger partial charge in [0.2, 0.25) is 0 Å². The van der Waals surface area contributed by atoms with Crippen molar-refractivity contribution in [2.75, 3.05) is 19.8 Å². The third-order valence-electron chi connectivity index (χ3n) is 2.70. The van der Waals surface area contributed by atoms with Gasteiger partial charge in [0.15, 0.2) is 0 Å². The van der Waals surface area contributed by atoms with Crippen LogP contribution in [0.5, 0.6) is 0 Å².